The van der Waals surface area contributed by atoms with Crippen molar-refractivity contribution in [1.82, 2.24) is 25.1 Å². The van der Waals surface area contributed by atoms with Crippen molar-refractivity contribution in [1.29, 1.82) is 0 Å². The smallest absolute Gasteiger partial charge is 0.214 e. The van der Waals surface area contributed by atoms with Gasteiger partial charge in [0.1, 0.15) is 17.8 Å². The molecule has 3 aromatic rings. The first-order valence-electron chi connectivity index (χ1n) is 7.96. The molecule has 1 aliphatic heterocycles. The van der Waals surface area contributed by atoms with Gasteiger partial charge in [0, 0.05) is 12.1 Å². The Kier molecular flexibility index (Phi) is 3.50. The summed E-state index contributed by atoms with van der Waals surface area (Å²) in [4.78, 5) is 21.3. The summed E-state index contributed by atoms with van der Waals surface area (Å²) in [7, 11) is 0. The number of hydrogen-bond acceptors (Lipinski definition) is 6. The Morgan fingerprint density at radius 2 is 2.08 bits per heavy atom. The zero-order chi connectivity index (χ0) is 16.7. The number of fused-ring (bicyclic) bond motifs is 1. The number of aromatic nitrogens is 4. The highest BCUT2D eigenvalue weighted by molar-refractivity contribution is 6.16. The Morgan fingerprint density at radius 3 is 2.79 bits per heavy atom. The van der Waals surface area contributed by atoms with Crippen LogP contribution in [0.1, 0.15) is 34.1 Å². The molecule has 0 amide bonds. The van der Waals surface area contributed by atoms with E-state index >= 15 is 0 Å². The van der Waals surface area contributed by atoms with E-state index in [-0.39, 0.29) is 17.6 Å². The van der Waals surface area contributed by atoms with Crippen molar-refractivity contribution in [2.45, 2.75) is 19.4 Å². The van der Waals surface area contributed by atoms with E-state index in [9.17, 15) is 4.79 Å². The zero-order valence-corrected chi connectivity index (χ0v) is 13.4. The molecule has 1 fully saturated rings. The standard InChI is InChI=1S/C17H18N6O/c1-10-2-4-11(5-3-10)15(24)14-13-16(18)20-9-21-17(13)23(22-14)12-6-7-19-8-12/h2-5,9,12,19H,6-8H2,1H3,(H2,18,20,21). The lowest BCUT2D eigenvalue weighted by Crippen LogP contribution is -2.15. The molecule has 122 valence electrons. The van der Waals surface area contributed by atoms with Gasteiger partial charge in [-0.2, -0.15) is 5.10 Å². The van der Waals surface area contributed by atoms with Crippen LogP contribution in [0.3, 0.4) is 0 Å². The molecule has 1 aliphatic rings. The van der Waals surface area contributed by atoms with Gasteiger partial charge in [0.05, 0.1) is 11.4 Å². The molecule has 3 N–H and O–H groups in total. The number of carbonyl (C=O) groups is 1. The molecule has 1 aromatic carbocycles. The lowest BCUT2D eigenvalue weighted by atomic mass is 10.1. The van der Waals surface area contributed by atoms with Gasteiger partial charge in [0.25, 0.3) is 0 Å². The predicted octanol–water partition coefficient (Wildman–Crippen LogP) is 1.48. The zero-order valence-electron chi connectivity index (χ0n) is 13.4. The molecule has 7 nitrogen and oxygen atoms in total. The minimum atomic E-state index is -0.161. The number of aryl methyl sites for hydroxylation is 1. The molecular formula is C17H18N6O. The van der Waals surface area contributed by atoms with Crippen molar-refractivity contribution in [2.24, 2.45) is 0 Å². The highest BCUT2D eigenvalue weighted by Gasteiger charge is 2.26. The Morgan fingerprint density at radius 1 is 1.29 bits per heavy atom. The fourth-order valence-electron chi connectivity index (χ4n) is 3.10. The molecule has 0 aliphatic carbocycles. The summed E-state index contributed by atoms with van der Waals surface area (Å²) in [5.41, 5.74) is 8.65. The summed E-state index contributed by atoms with van der Waals surface area (Å²) >= 11 is 0. The van der Waals surface area contributed by atoms with Crippen LogP contribution in [-0.2, 0) is 0 Å². The fraction of sp³-hybridized carbons (Fsp3) is 0.294. The topological polar surface area (TPSA) is 98.7 Å². The summed E-state index contributed by atoms with van der Waals surface area (Å²) in [5, 5.41) is 8.42. The van der Waals surface area contributed by atoms with Crippen LogP contribution in [0, 0.1) is 6.92 Å². The van der Waals surface area contributed by atoms with Crippen molar-refractivity contribution < 1.29 is 4.79 Å². The van der Waals surface area contributed by atoms with E-state index in [0.717, 1.165) is 25.1 Å². The maximum Gasteiger partial charge on any atom is 0.214 e. The molecular weight excluding hydrogens is 304 g/mol. The van der Waals surface area contributed by atoms with E-state index in [4.69, 9.17) is 5.73 Å². The molecule has 7 heteroatoms. The lowest BCUT2D eigenvalue weighted by molar-refractivity contribution is 0.103. The van der Waals surface area contributed by atoms with Gasteiger partial charge in [-0.15, -0.1) is 0 Å². The maximum atomic E-state index is 12.9. The molecule has 1 unspecified atom stereocenters. The van der Waals surface area contributed by atoms with Crippen LogP contribution < -0.4 is 11.1 Å². The highest BCUT2D eigenvalue weighted by atomic mass is 16.1. The summed E-state index contributed by atoms with van der Waals surface area (Å²) in [5.74, 6) is 0.124. The van der Waals surface area contributed by atoms with Crippen LogP contribution in [0.5, 0.6) is 0 Å². The normalized spacial score (nSPS) is 17.5. The molecule has 0 radical (unpaired) electrons. The number of anilines is 1. The van der Waals surface area contributed by atoms with E-state index < -0.39 is 0 Å². The third-order valence-corrected chi connectivity index (χ3v) is 4.43. The van der Waals surface area contributed by atoms with E-state index in [1.807, 2.05) is 23.7 Å². The number of nitrogens with zero attached hydrogens (tertiary/aromatic N) is 4. The highest BCUT2D eigenvalue weighted by Crippen LogP contribution is 2.27. The van der Waals surface area contributed by atoms with Crippen LogP contribution in [0.25, 0.3) is 11.0 Å². The molecule has 3 heterocycles. The number of nitrogens with two attached hydrogens (primary N) is 1. The monoisotopic (exact) mass is 322 g/mol. The molecule has 24 heavy (non-hydrogen) atoms. The second kappa shape index (κ2) is 5.68. The third kappa shape index (κ3) is 2.33. The Balaban J connectivity index is 1.88. The average molecular weight is 322 g/mol. The second-order valence-electron chi connectivity index (χ2n) is 6.09. The first-order chi connectivity index (χ1) is 11.6. The van der Waals surface area contributed by atoms with Gasteiger partial charge in [0.15, 0.2) is 5.65 Å². The molecule has 0 saturated carbocycles. The van der Waals surface area contributed by atoms with Crippen molar-refractivity contribution in [3.05, 3.63) is 47.4 Å². The van der Waals surface area contributed by atoms with Gasteiger partial charge < -0.3 is 11.1 Å². The first kappa shape index (κ1) is 14.8. The number of benzene rings is 1. The number of rotatable bonds is 3. The van der Waals surface area contributed by atoms with Crippen LogP contribution in [0.2, 0.25) is 0 Å². The second-order valence-corrected chi connectivity index (χ2v) is 6.09. The van der Waals surface area contributed by atoms with E-state index in [0.29, 0.717) is 22.3 Å². The third-order valence-electron chi connectivity index (χ3n) is 4.43. The number of ketones is 1. The Bertz CT molecular complexity index is 909. The van der Waals surface area contributed by atoms with Gasteiger partial charge in [-0.1, -0.05) is 29.8 Å². The van der Waals surface area contributed by atoms with Gasteiger partial charge in [0.2, 0.25) is 5.78 Å². The molecule has 2 aromatic heterocycles. The summed E-state index contributed by atoms with van der Waals surface area (Å²) in [6.07, 6.45) is 2.36. The largest absolute Gasteiger partial charge is 0.383 e. The number of carbonyl (C=O) groups excluding carboxylic acids is 1. The number of nitrogens with one attached hydrogen (secondary N) is 1. The van der Waals surface area contributed by atoms with Crippen LogP contribution in [0.15, 0.2) is 30.6 Å². The number of nitrogen functional groups attached to an aromatic ring is 1. The Labute approximate surface area is 138 Å². The lowest BCUT2D eigenvalue weighted by Gasteiger charge is -2.09. The van der Waals surface area contributed by atoms with Crippen molar-refractivity contribution in [3.63, 3.8) is 0 Å². The van der Waals surface area contributed by atoms with Gasteiger partial charge in [-0.3, -0.25) is 4.79 Å². The predicted molar refractivity (Wildman–Crippen MR) is 90.9 cm³/mol. The van der Waals surface area contributed by atoms with Gasteiger partial charge in [-0.25, -0.2) is 14.6 Å². The van der Waals surface area contributed by atoms with Crippen molar-refractivity contribution in [3.8, 4) is 0 Å². The van der Waals surface area contributed by atoms with Gasteiger partial charge in [-0.05, 0) is 19.9 Å². The summed E-state index contributed by atoms with van der Waals surface area (Å²) in [6.45, 7) is 3.71. The minimum Gasteiger partial charge on any atom is -0.383 e. The van der Waals surface area contributed by atoms with Crippen LogP contribution in [-0.4, -0.2) is 38.6 Å². The summed E-state index contributed by atoms with van der Waals surface area (Å²) < 4.78 is 1.81. The van der Waals surface area contributed by atoms with E-state index in [1.54, 1.807) is 12.1 Å². The first-order valence-corrected chi connectivity index (χ1v) is 7.96. The summed E-state index contributed by atoms with van der Waals surface area (Å²) in [6, 6.07) is 7.60. The molecule has 0 spiro atoms. The SMILES string of the molecule is Cc1ccc(C(=O)c2nn(C3CCNC3)c3ncnc(N)c23)cc1. The molecule has 4 rings (SSSR count). The fourth-order valence-corrected chi connectivity index (χ4v) is 3.10. The average Bonchev–Trinajstić information content (AvgIpc) is 3.23. The molecule has 0 bridgehead atoms. The van der Waals surface area contributed by atoms with Gasteiger partial charge >= 0.3 is 0 Å². The molecule has 1 atom stereocenters. The minimum absolute atomic E-state index is 0.161. The molecule has 1 saturated heterocycles. The Hall–Kier alpha value is -2.80. The number of hydrogen-bond donors (Lipinski definition) is 2. The van der Waals surface area contributed by atoms with Crippen molar-refractivity contribution >= 4 is 22.6 Å². The van der Waals surface area contributed by atoms with Crippen LogP contribution >= 0.6 is 0 Å². The maximum absolute atomic E-state index is 12.9. The van der Waals surface area contributed by atoms with E-state index in [2.05, 4.69) is 20.4 Å². The van der Waals surface area contributed by atoms with Crippen molar-refractivity contribution in [2.75, 3.05) is 18.8 Å². The van der Waals surface area contributed by atoms with E-state index in [1.165, 1.54) is 6.33 Å². The van der Waals surface area contributed by atoms with Crippen LogP contribution in [0.4, 0.5) is 5.82 Å². The quantitative estimate of drug-likeness (QED) is 0.709.